The summed E-state index contributed by atoms with van der Waals surface area (Å²) in [7, 11) is -2.92. The highest BCUT2D eigenvalue weighted by molar-refractivity contribution is 7.90. The maximum Gasteiger partial charge on any atom is 0.237 e. The predicted molar refractivity (Wildman–Crippen MR) is 72.2 cm³/mol. The van der Waals surface area contributed by atoms with E-state index in [4.69, 9.17) is 0 Å². The Morgan fingerprint density at radius 2 is 2.00 bits per heavy atom. The van der Waals surface area contributed by atoms with E-state index in [2.05, 4.69) is 10.6 Å². The molecule has 0 aromatic carbocycles. The molecule has 0 spiro atoms. The summed E-state index contributed by atoms with van der Waals surface area (Å²) in [5.41, 5.74) is 0. The second kappa shape index (κ2) is 7.74. The van der Waals surface area contributed by atoms with Crippen molar-refractivity contribution in [1.82, 2.24) is 10.6 Å². The lowest BCUT2D eigenvalue weighted by atomic mass is 10.0. The SMILES string of the molecule is CS(=O)(=O)CCCNC(=O)C1CCCCCCN1. The molecule has 0 aromatic heterocycles. The topological polar surface area (TPSA) is 75.3 Å². The average Bonchev–Trinajstić information content (AvgIpc) is 2.22. The molecule has 1 saturated heterocycles. The molecule has 106 valence electrons. The van der Waals surface area contributed by atoms with Crippen LogP contribution in [0.2, 0.25) is 0 Å². The monoisotopic (exact) mass is 276 g/mol. The van der Waals surface area contributed by atoms with E-state index in [9.17, 15) is 13.2 Å². The molecule has 0 bridgehead atoms. The Kier molecular flexibility index (Phi) is 6.63. The van der Waals surface area contributed by atoms with Crippen molar-refractivity contribution in [2.24, 2.45) is 0 Å². The van der Waals surface area contributed by atoms with Gasteiger partial charge >= 0.3 is 0 Å². The third kappa shape index (κ3) is 6.96. The molecule has 18 heavy (non-hydrogen) atoms. The highest BCUT2D eigenvalue weighted by Crippen LogP contribution is 2.09. The normalized spacial score (nSPS) is 21.9. The van der Waals surface area contributed by atoms with E-state index in [0.29, 0.717) is 13.0 Å². The van der Waals surface area contributed by atoms with Crippen molar-refractivity contribution >= 4 is 15.7 Å². The van der Waals surface area contributed by atoms with Gasteiger partial charge in [0, 0.05) is 12.8 Å². The smallest absolute Gasteiger partial charge is 0.237 e. The summed E-state index contributed by atoms with van der Waals surface area (Å²) in [4.78, 5) is 11.9. The molecule has 1 fully saturated rings. The molecule has 6 heteroatoms. The van der Waals surface area contributed by atoms with E-state index in [1.165, 1.54) is 19.1 Å². The van der Waals surface area contributed by atoms with Gasteiger partial charge in [-0.25, -0.2) is 8.42 Å². The number of hydrogen-bond acceptors (Lipinski definition) is 4. The average molecular weight is 276 g/mol. The molecular formula is C12H24N2O3S. The molecule has 0 aromatic rings. The minimum absolute atomic E-state index is 0.00500. The molecule has 5 nitrogen and oxygen atoms in total. The highest BCUT2D eigenvalue weighted by Gasteiger charge is 2.18. The first kappa shape index (κ1) is 15.4. The summed E-state index contributed by atoms with van der Waals surface area (Å²) in [5, 5.41) is 6.06. The van der Waals surface area contributed by atoms with Gasteiger partial charge in [0.2, 0.25) is 5.91 Å². The number of nitrogens with one attached hydrogen (secondary N) is 2. The van der Waals surface area contributed by atoms with Crippen molar-refractivity contribution in [3.8, 4) is 0 Å². The number of carbonyl (C=O) groups is 1. The van der Waals surface area contributed by atoms with E-state index >= 15 is 0 Å². The van der Waals surface area contributed by atoms with E-state index in [-0.39, 0.29) is 17.7 Å². The fraction of sp³-hybridized carbons (Fsp3) is 0.917. The molecule has 0 saturated carbocycles. The number of rotatable bonds is 5. The molecule has 1 heterocycles. The third-order valence-electron chi connectivity index (χ3n) is 3.12. The molecule has 0 radical (unpaired) electrons. The Hall–Kier alpha value is -0.620. The lowest BCUT2D eigenvalue weighted by Crippen LogP contribution is -2.45. The predicted octanol–water partition coefficient (Wildman–Crippen LogP) is 0.460. The van der Waals surface area contributed by atoms with Gasteiger partial charge in [0.1, 0.15) is 9.84 Å². The van der Waals surface area contributed by atoms with Crippen molar-refractivity contribution in [2.45, 2.75) is 44.6 Å². The van der Waals surface area contributed by atoms with Gasteiger partial charge in [-0.1, -0.05) is 19.3 Å². The molecular weight excluding hydrogens is 252 g/mol. The van der Waals surface area contributed by atoms with Crippen LogP contribution in [0.25, 0.3) is 0 Å². The number of sulfone groups is 1. The van der Waals surface area contributed by atoms with Crippen LogP contribution in [0, 0.1) is 0 Å². The lowest BCUT2D eigenvalue weighted by molar-refractivity contribution is -0.123. The number of amides is 1. The Morgan fingerprint density at radius 1 is 1.28 bits per heavy atom. The van der Waals surface area contributed by atoms with Gasteiger partial charge in [-0.15, -0.1) is 0 Å². The molecule has 1 atom stereocenters. The Labute approximate surface area is 110 Å². The third-order valence-corrected chi connectivity index (χ3v) is 4.15. The van der Waals surface area contributed by atoms with Gasteiger partial charge in [-0.3, -0.25) is 4.79 Å². The fourth-order valence-corrected chi connectivity index (χ4v) is 2.77. The number of carbonyl (C=O) groups excluding carboxylic acids is 1. The second-order valence-corrected chi connectivity index (χ2v) is 7.24. The van der Waals surface area contributed by atoms with E-state index in [1.807, 2.05) is 0 Å². The van der Waals surface area contributed by atoms with Crippen LogP contribution < -0.4 is 10.6 Å². The van der Waals surface area contributed by atoms with Crippen LogP contribution in [-0.2, 0) is 14.6 Å². The van der Waals surface area contributed by atoms with Crippen LogP contribution in [0.1, 0.15) is 38.5 Å². The zero-order chi connectivity index (χ0) is 13.4. The fourth-order valence-electron chi connectivity index (χ4n) is 2.10. The van der Waals surface area contributed by atoms with Gasteiger partial charge < -0.3 is 10.6 Å². The van der Waals surface area contributed by atoms with E-state index < -0.39 is 9.84 Å². The van der Waals surface area contributed by atoms with E-state index in [1.54, 1.807) is 0 Å². The minimum atomic E-state index is -2.92. The van der Waals surface area contributed by atoms with Crippen molar-refractivity contribution in [3.63, 3.8) is 0 Å². The Balaban J connectivity index is 2.22. The molecule has 1 aliphatic heterocycles. The Morgan fingerprint density at radius 3 is 2.72 bits per heavy atom. The molecule has 0 aliphatic carbocycles. The van der Waals surface area contributed by atoms with Crippen molar-refractivity contribution in [3.05, 3.63) is 0 Å². The largest absolute Gasteiger partial charge is 0.355 e. The minimum Gasteiger partial charge on any atom is -0.355 e. The van der Waals surface area contributed by atoms with Gasteiger partial charge in [-0.2, -0.15) is 0 Å². The van der Waals surface area contributed by atoms with Crippen LogP contribution >= 0.6 is 0 Å². The van der Waals surface area contributed by atoms with Crippen molar-refractivity contribution in [2.75, 3.05) is 25.1 Å². The summed E-state index contributed by atoms with van der Waals surface area (Å²) in [5.74, 6) is 0.135. The highest BCUT2D eigenvalue weighted by atomic mass is 32.2. The zero-order valence-corrected chi connectivity index (χ0v) is 11.9. The molecule has 1 rings (SSSR count). The van der Waals surface area contributed by atoms with Crippen molar-refractivity contribution < 1.29 is 13.2 Å². The zero-order valence-electron chi connectivity index (χ0n) is 11.1. The maximum absolute atomic E-state index is 11.9. The second-order valence-electron chi connectivity index (χ2n) is 4.98. The lowest BCUT2D eigenvalue weighted by Gasteiger charge is -2.20. The number of hydrogen-bond donors (Lipinski definition) is 2. The van der Waals surface area contributed by atoms with Crippen LogP contribution in [-0.4, -0.2) is 45.5 Å². The van der Waals surface area contributed by atoms with Gasteiger partial charge in [0.05, 0.1) is 11.8 Å². The Bertz CT molecular complexity index is 346. The van der Waals surface area contributed by atoms with Crippen LogP contribution in [0.5, 0.6) is 0 Å². The summed E-state index contributed by atoms with van der Waals surface area (Å²) in [6, 6.07) is -0.108. The molecule has 2 N–H and O–H groups in total. The van der Waals surface area contributed by atoms with Gasteiger partial charge in [-0.05, 0) is 25.8 Å². The first-order valence-corrected chi connectivity index (χ1v) is 8.74. The first-order chi connectivity index (χ1) is 8.49. The quantitative estimate of drug-likeness (QED) is 0.715. The standard InChI is InChI=1S/C12H24N2O3S/c1-18(16,17)10-6-9-14-12(15)11-7-4-2-3-5-8-13-11/h11,13H,2-10H2,1H3,(H,14,15). The first-order valence-electron chi connectivity index (χ1n) is 6.68. The summed E-state index contributed by atoms with van der Waals surface area (Å²) in [6.07, 6.45) is 7.20. The van der Waals surface area contributed by atoms with Crippen LogP contribution in [0.15, 0.2) is 0 Å². The van der Waals surface area contributed by atoms with Crippen LogP contribution in [0.3, 0.4) is 0 Å². The molecule has 1 amide bonds. The summed E-state index contributed by atoms with van der Waals surface area (Å²) in [6.45, 7) is 1.32. The van der Waals surface area contributed by atoms with E-state index in [0.717, 1.165) is 25.8 Å². The summed E-state index contributed by atoms with van der Waals surface area (Å²) < 4.78 is 21.9. The van der Waals surface area contributed by atoms with Crippen molar-refractivity contribution in [1.29, 1.82) is 0 Å². The van der Waals surface area contributed by atoms with Crippen LogP contribution in [0.4, 0.5) is 0 Å². The molecule has 1 unspecified atom stereocenters. The van der Waals surface area contributed by atoms with Gasteiger partial charge in [0.25, 0.3) is 0 Å². The summed E-state index contributed by atoms with van der Waals surface area (Å²) >= 11 is 0. The maximum atomic E-state index is 11.9. The van der Waals surface area contributed by atoms with Gasteiger partial charge in [0.15, 0.2) is 0 Å². The molecule has 1 aliphatic rings.